The van der Waals surface area contributed by atoms with Crippen LogP contribution in [0.4, 0.5) is 0 Å². The fraction of sp³-hybridized carbons (Fsp3) is 1.00. The summed E-state index contributed by atoms with van der Waals surface area (Å²) in [5.74, 6) is 5.28. The molecular weight excluding hydrogens is 991 g/mol. The van der Waals surface area contributed by atoms with Crippen LogP contribution in [0.1, 0.15) is 295 Å². The number of hydrogen-bond donors (Lipinski definition) is 0. The molecule has 0 aromatic carbocycles. The monoisotopic (exact) mass is 1160 g/mol. The zero-order valence-corrected chi connectivity index (χ0v) is 54.1. The number of nitrogens with zero attached hydrogens (tertiary/aromatic N) is 7. The summed E-state index contributed by atoms with van der Waals surface area (Å²) in [6, 6.07) is 0.848. The molecule has 498 valence electrons. The van der Waals surface area contributed by atoms with Crippen molar-refractivity contribution in [3.8, 4) is 0 Å². The van der Waals surface area contributed by atoms with Gasteiger partial charge in [0.2, 0.25) is 0 Å². The van der Waals surface area contributed by atoms with Crippen LogP contribution in [0.5, 0.6) is 0 Å². The van der Waals surface area contributed by atoms with Gasteiger partial charge in [0, 0.05) is 45.3 Å². The van der Waals surface area contributed by atoms with Crippen LogP contribution in [0.3, 0.4) is 0 Å². The molecule has 6 aliphatic heterocycles. The zero-order valence-electron chi connectivity index (χ0n) is 54.1. The van der Waals surface area contributed by atoms with Crippen molar-refractivity contribution < 1.29 is 4.74 Å². The Morgan fingerprint density at radius 1 is 0.296 bits per heavy atom. The number of hydrogen-bond acceptors (Lipinski definition) is 8. The Morgan fingerprint density at radius 2 is 0.580 bits per heavy atom. The fourth-order valence-electron chi connectivity index (χ4n) is 11.2. The van der Waals surface area contributed by atoms with Crippen LogP contribution in [-0.2, 0) is 4.74 Å². The van der Waals surface area contributed by atoms with E-state index in [0.717, 1.165) is 67.9 Å². The molecule has 0 aromatic rings. The molecule has 0 radical (unpaired) electrons. The molecule has 6 rings (SSSR count). The lowest BCUT2D eigenvalue weighted by Crippen LogP contribution is -2.44. The Bertz CT molecular complexity index is 1150. The normalized spacial score (nSPS) is 19.2. The highest BCUT2D eigenvalue weighted by Crippen LogP contribution is 2.18. The van der Waals surface area contributed by atoms with Gasteiger partial charge in [0.15, 0.2) is 0 Å². The summed E-state index contributed by atoms with van der Waals surface area (Å²) in [6.45, 7) is 56.8. The molecule has 6 heterocycles. The molecule has 6 aliphatic rings. The van der Waals surface area contributed by atoms with E-state index >= 15 is 0 Å². The highest BCUT2D eigenvalue weighted by atomic mass is 16.5. The van der Waals surface area contributed by atoms with E-state index < -0.39 is 0 Å². The van der Waals surface area contributed by atoms with Gasteiger partial charge in [0.05, 0.1) is 13.2 Å². The third-order valence-electron chi connectivity index (χ3n) is 16.7. The first-order chi connectivity index (χ1) is 36.0. The average molecular weight is 1160 g/mol. The zero-order chi connectivity index (χ0) is 55.3. The lowest BCUT2D eigenvalue weighted by molar-refractivity contribution is 0.0368. The minimum absolute atomic E-state index is 0. The highest BCUT2D eigenvalue weighted by Gasteiger charge is 2.18. The van der Waals surface area contributed by atoms with Crippen LogP contribution in [0.2, 0.25) is 0 Å². The quantitative estimate of drug-likeness (QED) is 0.0717. The van der Waals surface area contributed by atoms with E-state index in [9.17, 15) is 0 Å². The predicted octanol–water partition coefficient (Wildman–Crippen LogP) is 19.7. The van der Waals surface area contributed by atoms with Gasteiger partial charge in [-0.2, -0.15) is 0 Å². The summed E-state index contributed by atoms with van der Waals surface area (Å²) in [7, 11) is 2.22. The van der Waals surface area contributed by atoms with Crippen molar-refractivity contribution in [2.45, 2.75) is 301 Å². The minimum Gasteiger partial charge on any atom is -0.379 e. The summed E-state index contributed by atoms with van der Waals surface area (Å²) in [5, 5.41) is 0. The summed E-state index contributed by atoms with van der Waals surface area (Å²) < 4.78 is 5.29. The maximum atomic E-state index is 5.29. The van der Waals surface area contributed by atoms with E-state index in [2.05, 4.69) is 131 Å². The van der Waals surface area contributed by atoms with Gasteiger partial charge in [0.1, 0.15) is 0 Å². The summed E-state index contributed by atoms with van der Waals surface area (Å²) in [5.41, 5.74) is 0. The van der Waals surface area contributed by atoms with E-state index in [1.165, 1.54) is 272 Å². The Labute approximate surface area is 517 Å². The van der Waals surface area contributed by atoms with Gasteiger partial charge < -0.3 is 34.1 Å². The van der Waals surface area contributed by atoms with Gasteiger partial charge in [-0.1, -0.05) is 192 Å². The van der Waals surface area contributed by atoms with E-state index in [-0.39, 0.29) is 44.6 Å². The Balaban J connectivity index is -0.000000206. The summed E-state index contributed by atoms with van der Waals surface area (Å²) in [4.78, 5) is 18.0. The van der Waals surface area contributed by atoms with Gasteiger partial charge in [0.25, 0.3) is 0 Å². The van der Waals surface area contributed by atoms with Crippen LogP contribution < -0.4 is 0 Å². The van der Waals surface area contributed by atoms with Gasteiger partial charge in [-0.3, -0.25) is 4.90 Å². The van der Waals surface area contributed by atoms with Gasteiger partial charge in [-0.15, -0.1) is 0 Å². The molecule has 1 atom stereocenters. The first-order valence-electron chi connectivity index (χ1n) is 33.7. The SMILES string of the molecule is C.C.C.C.C.C.CC(C)CCCCN1CCC1.CC(C)CCCCN1CCCC1.CC(C)CCCCN1CCCCC1.CC(C)CCCCN1CCN(C)CC1.CC(C)CCCN1CCCCC1C.CC(C)CCCN1CCOCC1. The van der Waals surface area contributed by atoms with E-state index in [1.807, 2.05) is 0 Å². The van der Waals surface area contributed by atoms with Crippen molar-refractivity contribution in [3.05, 3.63) is 0 Å². The van der Waals surface area contributed by atoms with E-state index in [1.54, 1.807) is 0 Å². The van der Waals surface area contributed by atoms with E-state index in [0.29, 0.717) is 0 Å². The van der Waals surface area contributed by atoms with Crippen molar-refractivity contribution in [2.24, 2.45) is 35.5 Å². The standard InChI is InChI=1S/C12H26N2.2C12H25N.C11H23N.C10H21NO.C10H21N.6CH4/c1-12(2)6-4-5-7-14-10-8-13(3)9-11-14;1-11(2)7-6-10-13-9-5-4-8-12(13)3;1-12(2)8-4-7-11-13-9-5-3-6-10-13;1-11(2)7-3-4-8-12-9-5-6-10-12;1-10(2)4-3-5-11-6-8-12-9-7-11;1-10(2)6-3-4-7-11-8-5-9-11;;;;;;/h12H,4-11H2,1-3H3;11-12H,4-10H2,1-3H3;12H,3-11H2,1-2H3;11H,3-10H2,1-2H3;10H,3-9H2,1-2H3;10H,3-9H2,1-2H3;6*1H4. The number of morpholine rings is 1. The van der Waals surface area contributed by atoms with Gasteiger partial charge >= 0.3 is 0 Å². The number of unbranched alkanes of at least 4 members (excludes halogenated alkanes) is 4. The van der Waals surface area contributed by atoms with Crippen molar-refractivity contribution >= 4 is 0 Å². The lowest BCUT2D eigenvalue weighted by Gasteiger charge is -2.33. The summed E-state index contributed by atoms with van der Waals surface area (Å²) >= 11 is 0. The topological polar surface area (TPSA) is 31.9 Å². The molecule has 6 saturated heterocycles. The molecule has 6 fully saturated rings. The number of piperidine rings is 2. The number of piperazine rings is 1. The Morgan fingerprint density at radius 3 is 0.914 bits per heavy atom. The number of likely N-dealkylation sites (N-methyl/N-ethyl adjacent to an activating group) is 1. The van der Waals surface area contributed by atoms with Gasteiger partial charge in [-0.05, 0) is 231 Å². The third-order valence-corrected chi connectivity index (χ3v) is 16.7. The molecule has 81 heavy (non-hydrogen) atoms. The lowest BCUT2D eigenvalue weighted by atomic mass is 10.0. The fourth-order valence-corrected chi connectivity index (χ4v) is 11.2. The highest BCUT2D eigenvalue weighted by molar-refractivity contribution is 4.74. The second kappa shape index (κ2) is 62.7. The molecule has 0 N–H and O–H groups in total. The molecule has 8 nitrogen and oxygen atoms in total. The first-order valence-corrected chi connectivity index (χ1v) is 33.7. The molecule has 0 aliphatic carbocycles. The molecule has 0 spiro atoms. The van der Waals surface area contributed by atoms with E-state index in [4.69, 9.17) is 4.74 Å². The maximum Gasteiger partial charge on any atom is 0.0594 e. The Hall–Kier alpha value is -0.320. The second-order valence-corrected chi connectivity index (χ2v) is 27.3. The van der Waals surface area contributed by atoms with Crippen LogP contribution in [0.15, 0.2) is 0 Å². The van der Waals surface area contributed by atoms with Crippen molar-refractivity contribution in [3.63, 3.8) is 0 Å². The van der Waals surface area contributed by atoms with Crippen molar-refractivity contribution in [2.75, 3.05) is 145 Å². The third kappa shape index (κ3) is 59.8. The van der Waals surface area contributed by atoms with Crippen molar-refractivity contribution in [1.82, 2.24) is 34.3 Å². The molecule has 0 amide bonds. The average Bonchev–Trinajstić information content (AvgIpc) is 3.89. The molecule has 8 heteroatoms. The maximum absolute atomic E-state index is 5.29. The first kappa shape index (κ1) is 91.8. The molecule has 0 bridgehead atoms. The van der Waals surface area contributed by atoms with Crippen molar-refractivity contribution in [1.29, 1.82) is 0 Å². The number of ether oxygens (including phenoxy) is 1. The van der Waals surface area contributed by atoms with Crippen LogP contribution in [0, 0.1) is 35.5 Å². The molecule has 0 aromatic heterocycles. The minimum atomic E-state index is 0. The van der Waals surface area contributed by atoms with Crippen LogP contribution in [0.25, 0.3) is 0 Å². The second-order valence-electron chi connectivity index (χ2n) is 27.3. The largest absolute Gasteiger partial charge is 0.379 e. The van der Waals surface area contributed by atoms with Crippen LogP contribution >= 0.6 is 0 Å². The molecular formula is C73H165N7O. The molecule has 0 saturated carbocycles. The smallest absolute Gasteiger partial charge is 0.0594 e. The van der Waals surface area contributed by atoms with Crippen LogP contribution in [-0.4, -0.2) is 185 Å². The number of rotatable bonds is 28. The molecule has 1 unspecified atom stereocenters. The predicted molar refractivity (Wildman–Crippen MR) is 376 cm³/mol. The number of likely N-dealkylation sites (tertiary alicyclic amines) is 4. The Kier molecular flexibility index (Phi) is 71.1. The summed E-state index contributed by atoms with van der Waals surface area (Å²) in [6.07, 6.45) is 35.4. The van der Waals surface area contributed by atoms with Gasteiger partial charge in [-0.25, -0.2) is 0 Å².